The Bertz CT molecular complexity index is 1170. The number of carbonyl (C=O) groups is 2. The summed E-state index contributed by atoms with van der Waals surface area (Å²) in [6.07, 6.45) is 4.24. The van der Waals surface area contributed by atoms with Crippen LogP contribution in [-0.2, 0) is 25.7 Å². The molecule has 2 aromatic carbocycles. The Morgan fingerprint density at radius 2 is 1.82 bits per heavy atom. The third-order valence-electron chi connectivity index (χ3n) is 6.33. The molecule has 208 valence electrons. The number of rotatable bonds is 13. The van der Waals surface area contributed by atoms with Crippen molar-refractivity contribution in [2.75, 3.05) is 17.6 Å². The first-order chi connectivity index (χ1) is 19.0. The van der Waals surface area contributed by atoms with Gasteiger partial charge in [-0.2, -0.15) is 5.10 Å². The quantitative estimate of drug-likeness (QED) is 0.182. The van der Waals surface area contributed by atoms with Gasteiger partial charge in [0.1, 0.15) is 6.33 Å². The van der Waals surface area contributed by atoms with Crippen LogP contribution < -0.4 is 10.6 Å². The number of nitrogens with one attached hydrogen (secondary N) is 3. The molecule has 0 bridgehead atoms. The second-order valence-corrected chi connectivity index (χ2v) is 10.4. The summed E-state index contributed by atoms with van der Waals surface area (Å²) in [5.74, 6) is 0.607. The molecule has 3 atom stereocenters. The Kier molecular flexibility index (Phi) is 10.9. The molecule has 1 fully saturated rings. The van der Waals surface area contributed by atoms with E-state index in [0.29, 0.717) is 30.8 Å². The highest BCUT2D eigenvalue weighted by molar-refractivity contribution is 7.99. The van der Waals surface area contributed by atoms with Crippen molar-refractivity contribution in [3.05, 3.63) is 71.5 Å². The number of aliphatic hydroxyl groups is 1. The topological polar surface area (TPSA) is 138 Å². The van der Waals surface area contributed by atoms with Gasteiger partial charge in [0.25, 0.3) is 0 Å². The molecule has 1 saturated heterocycles. The number of hydrogen-bond acceptors (Lipinski definition) is 8. The average molecular weight is 554 g/mol. The molecule has 1 aliphatic rings. The Morgan fingerprint density at radius 1 is 1.05 bits per heavy atom. The minimum Gasteiger partial charge on any atom is -0.392 e. The van der Waals surface area contributed by atoms with Gasteiger partial charge in [-0.25, -0.2) is 4.98 Å². The standard InChI is InChI=1S/C28H35N5O5S/c1-19(35)29-14-4-2-3-5-26(36)32-23-12-10-22(11-13-23)27-37-24(17-39-28-30-18-31-33-28)15-25(38-27)21-8-6-20(16-34)7-9-21/h6-13,18,24-25,27,34H,2-5,14-17H2,1H3,(H,29,35)(H,32,36)(H,30,31,33)/t24-,25+,27+/m0/s1. The number of carbonyl (C=O) groups excluding carboxylic acids is 2. The number of thioether (sulfide) groups is 1. The maximum absolute atomic E-state index is 12.3. The smallest absolute Gasteiger partial charge is 0.224 e. The van der Waals surface area contributed by atoms with Gasteiger partial charge in [0.2, 0.25) is 11.8 Å². The van der Waals surface area contributed by atoms with Crippen LogP contribution >= 0.6 is 11.8 Å². The highest BCUT2D eigenvalue weighted by Gasteiger charge is 2.32. The minimum atomic E-state index is -0.574. The van der Waals surface area contributed by atoms with E-state index in [0.717, 1.165) is 41.1 Å². The molecule has 4 rings (SSSR count). The molecule has 11 heteroatoms. The zero-order valence-corrected chi connectivity index (χ0v) is 22.8. The summed E-state index contributed by atoms with van der Waals surface area (Å²) >= 11 is 1.55. The lowest BCUT2D eigenvalue weighted by Crippen LogP contribution is -2.31. The number of aliphatic hydroxyl groups excluding tert-OH is 1. The zero-order chi connectivity index (χ0) is 27.5. The number of H-pyrrole nitrogens is 1. The minimum absolute atomic E-state index is 0.00449. The molecule has 3 aromatic rings. The van der Waals surface area contributed by atoms with Gasteiger partial charge in [-0.05, 0) is 36.1 Å². The molecule has 0 radical (unpaired) electrons. The summed E-state index contributed by atoms with van der Waals surface area (Å²) in [5.41, 5.74) is 3.45. The van der Waals surface area contributed by atoms with E-state index < -0.39 is 6.29 Å². The number of hydrogen-bond donors (Lipinski definition) is 4. The summed E-state index contributed by atoms with van der Waals surface area (Å²) in [6.45, 7) is 2.13. The zero-order valence-electron chi connectivity index (χ0n) is 22.0. The van der Waals surface area contributed by atoms with Crippen LogP contribution in [0, 0.1) is 0 Å². The van der Waals surface area contributed by atoms with Crippen molar-refractivity contribution in [2.45, 2.75) is 69.3 Å². The van der Waals surface area contributed by atoms with E-state index >= 15 is 0 Å². The summed E-state index contributed by atoms with van der Waals surface area (Å²) in [5, 5.41) is 22.6. The first-order valence-electron chi connectivity index (χ1n) is 13.1. The van der Waals surface area contributed by atoms with Gasteiger partial charge in [0, 0.05) is 43.3 Å². The molecule has 2 heterocycles. The number of nitrogens with zero attached hydrogens (tertiary/aromatic N) is 2. The van der Waals surface area contributed by atoms with E-state index in [1.165, 1.54) is 13.3 Å². The summed E-state index contributed by atoms with van der Waals surface area (Å²) in [7, 11) is 0. The van der Waals surface area contributed by atoms with Crippen molar-refractivity contribution < 1.29 is 24.2 Å². The first-order valence-corrected chi connectivity index (χ1v) is 14.1. The normalized spacial score (nSPS) is 19.0. The third-order valence-corrected chi connectivity index (χ3v) is 7.34. The molecule has 39 heavy (non-hydrogen) atoms. The van der Waals surface area contributed by atoms with Crippen molar-refractivity contribution >= 4 is 29.3 Å². The lowest BCUT2D eigenvalue weighted by Gasteiger charge is -2.36. The molecule has 10 nitrogen and oxygen atoms in total. The van der Waals surface area contributed by atoms with Crippen LogP contribution in [0.2, 0.25) is 0 Å². The van der Waals surface area contributed by atoms with Gasteiger partial charge in [-0.15, -0.1) is 0 Å². The molecule has 0 saturated carbocycles. The Morgan fingerprint density at radius 3 is 2.51 bits per heavy atom. The fourth-order valence-corrected chi connectivity index (χ4v) is 5.05. The van der Waals surface area contributed by atoms with Crippen LogP contribution in [0.4, 0.5) is 5.69 Å². The van der Waals surface area contributed by atoms with Crippen LogP contribution in [0.1, 0.15) is 68.1 Å². The van der Waals surface area contributed by atoms with E-state index in [4.69, 9.17) is 9.47 Å². The van der Waals surface area contributed by atoms with Crippen molar-refractivity contribution in [2.24, 2.45) is 0 Å². The molecule has 1 aliphatic heterocycles. The second kappa shape index (κ2) is 14.8. The first kappa shape index (κ1) is 28.8. The number of unbranched alkanes of at least 4 members (excludes halogenated alkanes) is 2. The molecule has 2 amide bonds. The van der Waals surface area contributed by atoms with Crippen molar-refractivity contribution in [3.63, 3.8) is 0 Å². The van der Waals surface area contributed by atoms with Crippen LogP contribution in [0.15, 0.2) is 60.0 Å². The van der Waals surface area contributed by atoms with Crippen LogP contribution in [-0.4, -0.2) is 50.5 Å². The molecule has 0 unspecified atom stereocenters. The largest absolute Gasteiger partial charge is 0.392 e. The summed E-state index contributed by atoms with van der Waals surface area (Å²) in [4.78, 5) is 27.4. The SMILES string of the molecule is CC(=O)NCCCCCC(=O)Nc1ccc([C@@H]2O[C@H](CSc3ncn[nH]3)C[C@H](c3ccc(CO)cc3)O2)cc1. The lowest BCUT2D eigenvalue weighted by molar-refractivity contribution is -0.245. The Labute approximate surface area is 232 Å². The van der Waals surface area contributed by atoms with Crippen molar-refractivity contribution in [3.8, 4) is 0 Å². The number of aromatic nitrogens is 3. The summed E-state index contributed by atoms with van der Waals surface area (Å²) < 4.78 is 12.7. The van der Waals surface area contributed by atoms with Gasteiger partial charge in [-0.1, -0.05) is 54.6 Å². The number of anilines is 1. The molecule has 0 aliphatic carbocycles. The maximum Gasteiger partial charge on any atom is 0.224 e. The van der Waals surface area contributed by atoms with E-state index in [2.05, 4.69) is 25.8 Å². The van der Waals surface area contributed by atoms with Gasteiger partial charge in [0.05, 0.1) is 18.8 Å². The Balaban J connectivity index is 1.34. The molecular formula is C28H35N5O5S. The van der Waals surface area contributed by atoms with Gasteiger partial charge < -0.3 is 25.2 Å². The van der Waals surface area contributed by atoms with E-state index in [1.807, 2.05) is 48.5 Å². The third kappa shape index (κ3) is 9.17. The van der Waals surface area contributed by atoms with Gasteiger partial charge in [-0.3, -0.25) is 14.7 Å². The van der Waals surface area contributed by atoms with E-state index in [1.54, 1.807) is 11.8 Å². The van der Waals surface area contributed by atoms with Gasteiger partial charge in [0.15, 0.2) is 11.4 Å². The molecule has 0 spiro atoms. The number of aromatic amines is 1. The molecular weight excluding hydrogens is 518 g/mol. The molecule has 1 aromatic heterocycles. The van der Waals surface area contributed by atoms with Crippen LogP contribution in [0.25, 0.3) is 0 Å². The van der Waals surface area contributed by atoms with Crippen LogP contribution in [0.5, 0.6) is 0 Å². The Hall–Kier alpha value is -3.25. The van der Waals surface area contributed by atoms with Crippen molar-refractivity contribution in [1.82, 2.24) is 20.5 Å². The second-order valence-electron chi connectivity index (χ2n) is 9.42. The highest BCUT2D eigenvalue weighted by atomic mass is 32.2. The fraction of sp³-hybridized carbons (Fsp3) is 0.429. The lowest BCUT2D eigenvalue weighted by atomic mass is 10.0. The summed E-state index contributed by atoms with van der Waals surface area (Å²) in [6, 6.07) is 15.3. The van der Waals surface area contributed by atoms with Crippen molar-refractivity contribution in [1.29, 1.82) is 0 Å². The number of benzene rings is 2. The van der Waals surface area contributed by atoms with Crippen LogP contribution in [0.3, 0.4) is 0 Å². The molecule has 4 N–H and O–H groups in total. The predicted octanol–water partition coefficient (Wildman–Crippen LogP) is 4.27. The maximum atomic E-state index is 12.3. The van der Waals surface area contributed by atoms with E-state index in [-0.39, 0.29) is 30.6 Å². The average Bonchev–Trinajstić information content (AvgIpc) is 3.48. The monoisotopic (exact) mass is 553 g/mol. The highest BCUT2D eigenvalue weighted by Crippen LogP contribution is 2.39. The number of amides is 2. The predicted molar refractivity (Wildman–Crippen MR) is 148 cm³/mol. The van der Waals surface area contributed by atoms with E-state index in [9.17, 15) is 14.7 Å². The fourth-order valence-electron chi connectivity index (χ4n) is 4.26. The van der Waals surface area contributed by atoms with Gasteiger partial charge >= 0.3 is 0 Å². The number of ether oxygens (including phenoxy) is 2.